The van der Waals surface area contributed by atoms with Gasteiger partial charge in [0.25, 0.3) is 0 Å². The highest BCUT2D eigenvalue weighted by Crippen LogP contribution is 2.15. The van der Waals surface area contributed by atoms with Gasteiger partial charge in [-0.3, -0.25) is 0 Å². The van der Waals surface area contributed by atoms with E-state index in [1.807, 2.05) is 0 Å². The minimum absolute atomic E-state index is 1.21. The van der Waals surface area contributed by atoms with Crippen LogP contribution in [0.2, 0.25) is 0 Å². The Morgan fingerprint density at radius 2 is 0.593 bits per heavy atom. The van der Waals surface area contributed by atoms with Crippen molar-refractivity contribution in [3.63, 3.8) is 0 Å². The van der Waals surface area contributed by atoms with Gasteiger partial charge in [0.2, 0.25) is 0 Å². The number of rotatable bonds is 24. The molecular weight excluding hydrogens is 324 g/mol. The molecule has 0 N–H and O–H groups in total. The molecule has 0 aromatic rings. The molecule has 0 rings (SSSR count). The van der Waals surface area contributed by atoms with Crippen LogP contribution in [0.5, 0.6) is 0 Å². The van der Waals surface area contributed by atoms with Crippen molar-refractivity contribution in [2.75, 3.05) is 0 Å². The van der Waals surface area contributed by atoms with Gasteiger partial charge in [0, 0.05) is 0 Å². The van der Waals surface area contributed by atoms with Gasteiger partial charge >= 0.3 is 0 Å². The highest BCUT2D eigenvalue weighted by molar-refractivity contribution is 4.65. The summed E-state index contributed by atoms with van der Waals surface area (Å²) in [5, 5.41) is 0. The van der Waals surface area contributed by atoms with Crippen molar-refractivity contribution in [3.8, 4) is 0 Å². The van der Waals surface area contributed by atoms with E-state index < -0.39 is 0 Å². The van der Waals surface area contributed by atoms with Gasteiger partial charge in [-0.2, -0.15) is 0 Å². The summed E-state index contributed by atoms with van der Waals surface area (Å²) < 4.78 is 0. The van der Waals surface area contributed by atoms with Crippen molar-refractivity contribution >= 4 is 0 Å². The highest BCUT2D eigenvalue weighted by atomic mass is 14.0. The molecule has 0 saturated heterocycles. The first-order valence-electron chi connectivity index (χ1n) is 13.0. The fourth-order valence-corrected chi connectivity index (χ4v) is 4.07. The highest BCUT2D eigenvalue weighted by Gasteiger charge is 1.95. The van der Waals surface area contributed by atoms with Crippen LogP contribution in [0.25, 0.3) is 0 Å². The molecule has 0 spiro atoms. The van der Waals surface area contributed by atoms with E-state index in [-0.39, 0.29) is 0 Å². The number of allylic oxidation sites excluding steroid dienone is 1. The van der Waals surface area contributed by atoms with Crippen LogP contribution in [-0.2, 0) is 0 Å². The Morgan fingerprint density at radius 3 is 0.815 bits per heavy atom. The van der Waals surface area contributed by atoms with E-state index in [9.17, 15) is 0 Å². The predicted octanol–water partition coefficient (Wildman–Crippen LogP) is 10.6. The summed E-state index contributed by atoms with van der Waals surface area (Å²) in [6.45, 7) is 6.09. The molecule has 0 amide bonds. The van der Waals surface area contributed by atoms with Crippen LogP contribution in [0.1, 0.15) is 161 Å². The Kier molecular flexibility index (Phi) is 25.5. The second-order valence-corrected chi connectivity index (χ2v) is 8.86. The monoisotopic (exact) mass is 378 g/mol. The zero-order chi connectivity index (χ0) is 19.7. The standard InChI is InChI=1S/C27H54/c1-3-5-7-9-11-13-15-17-19-21-23-25-27-26-24-22-20-18-16-14-12-10-8-6-4-2/h3H,1,4-27H2,2H3. The quantitative estimate of drug-likeness (QED) is 0.116. The van der Waals surface area contributed by atoms with Crippen LogP contribution in [0.4, 0.5) is 0 Å². The molecular formula is C27H54. The van der Waals surface area contributed by atoms with Crippen molar-refractivity contribution in [2.45, 2.75) is 161 Å². The Morgan fingerprint density at radius 1 is 0.370 bits per heavy atom. The van der Waals surface area contributed by atoms with Crippen molar-refractivity contribution in [2.24, 2.45) is 0 Å². The molecule has 0 nitrogen and oxygen atoms in total. The third kappa shape index (κ3) is 25.7. The molecule has 0 radical (unpaired) electrons. The molecule has 0 aliphatic carbocycles. The first-order chi connectivity index (χ1) is 13.4. The van der Waals surface area contributed by atoms with Crippen LogP contribution in [0.15, 0.2) is 12.7 Å². The third-order valence-corrected chi connectivity index (χ3v) is 6.01. The Bertz CT molecular complexity index is 255. The summed E-state index contributed by atoms with van der Waals surface area (Å²) in [6, 6.07) is 0. The average Bonchev–Trinajstić information content (AvgIpc) is 2.68. The zero-order valence-electron chi connectivity index (χ0n) is 19.3. The molecule has 0 unspecified atom stereocenters. The van der Waals surface area contributed by atoms with Gasteiger partial charge in [-0.15, -0.1) is 6.58 Å². The van der Waals surface area contributed by atoms with Gasteiger partial charge in [-0.25, -0.2) is 0 Å². The minimum atomic E-state index is 1.21. The maximum Gasteiger partial charge on any atom is -0.0353 e. The summed E-state index contributed by atoms with van der Waals surface area (Å²) in [7, 11) is 0. The van der Waals surface area contributed by atoms with E-state index in [4.69, 9.17) is 0 Å². The zero-order valence-corrected chi connectivity index (χ0v) is 19.3. The smallest absolute Gasteiger partial charge is 0.0353 e. The van der Waals surface area contributed by atoms with Gasteiger partial charge in [-0.1, -0.05) is 154 Å². The van der Waals surface area contributed by atoms with Crippen LogP contribution < -0.4 is 0 Å². The normalized spacial score (nSPS) is 11.1. The largest absolute Gasteiger partial charge is 0.103 e. The van der Waals surface area contributed by atoms with E-state index >= 15 is 0 Å². The van der Waals surface area contributed by atoms with Gasteiger partial charge in [0.1, 0.15) is 0 Å². The van der Waals surface area contributed by atoms with Crippen molar-refractivity contribution in [1.29, 1.82) is 0 Å². The summed E-state index contributed by atoms with van der Waals surface area (Å²) >= 11 is 0. The van der Waals surface area contributed by atoms with Crippen LogP contribution in [0, 0.1) is 0 Å². The molecule has 0 heterocycles. The second-order valence-electron chi connectivity index (χ2n) is 8.86. The maximum absolute atomic E-state index is 3.79. The summed E-state index contributed by atoms with van der Waals surface area (Å²) in [4.78, 5) is 0. The third-order valence-electron chi connectivity index (χ3n) is 6.01. The van der Waals surface area contributed by atoms with E-state index in [1.54, 1.807) is 0 Å². The fraction of sp³-hybridized carbons (Fsp3) is 0.926. The molecule has 162 valence electrons. The molecule has 0 aliphatic heterocycles. The SMILES string of the molecule is C=CCCCCCCCCCCCCCCCCCCCCCCCCC. The Hall–Kier alpha value is -0.260. The Labute approximate surface area is 174 Å². The topological polar surface area (TPSA) is 0 Å². The van der Waals surface area contributed by atoms with Gasteiger partial charge in [0.05, 0.1) is 0 Å². The number of hydrogen-bond donors (Lipinski definition) is 0. The molecule has 0 heteroatoms. The lowest BCUT2D eigenvalue weighted by atomic mass is 10.0. The molecule has 0 fully saturated rings. The molecule has 0 aromatic carbocycles. The van der Waals surface area contributed by atoms with Crippen LogP contribution in [-0.4, -0.2) is 0 Å². The lowest BCUT2D eigenvalue weighted by molar-refractivity contribution is 0.518. The summed E-state index contributed by atoms with van der Waals surface area (Å²) in [6.07, 6.45) is 36.9. The Balaban J connectivity index is 2.96. The fourth-order valence-electron chi connectivity index (χ4n) is 4.07. The van der Waals surface area contributed by atoms with E-state index in [0.29, 0.717) is 0 Å². The average molecular weight is 379 g/mol. The molecule has 0 saturated carbocycles. The van der Waals surface area contributed by atoms with Crippen molar-refractivity contribution < 1.29 is 0 Å². The van der Waals surface area contributed by atoms with Gasteiger partial charge in [-0.05, 0) is 12.8 Å². The first kappa shape index (κ1) is 26.7. The second kappa shape index (κ2) is 25.7. The lowest BCUT2D eigenvalue weighted by Crippen LogP contribution is -1.84. The predicted molar refractivity (Wildman–Crippen MR) is 127 cm³/mol. The van der Waals surface area contributed by atoms with Crippen LogP contribution in [0.3, 0.4) is 0 Å². The van der Waals surface area contributed by atoms with Crippen LogP contribution >= 0.6 is 0 Å². The van der Waals surface area contributed by atoms with Gasteiger partial charge in [0.15, 0.2) is 0 Å². The number of unbranched alkanes of at least 4 members (excludes halogenated alkanes) is 23. The molecule has 0 atom stereocenters. The number of hydrogen-bond acceptors (Lipinski definition) is 0. The maximum atomic E-state index is 3.79. The lowest BCUT2D eigenvalue weighted by Gasteiger charge is -2.04. The molecule has 0 bridgehead atoms. The van der Waals surface area contributed by atoms with Gasteiger partial charge < -0.3 is 0 Å². The molecule has 0 aliphatic rings. The first-order valence-corrected chi connectivity index (χ1v) is 13.0. The summed E-state index contributed by atoms with van der Waals surface area (Å²) in [5.74, 6) is 0. The minimum Gasteiger partial charge on any atom is -0.103 e. The van der Waals surface area contributed by atoms with Crippen molar-refractivity contribution in [3.05, 3.63) is 12.7 Å². The van der Waals surface area contributed by atoms with E-state index in [2.05, 4.69) is 19.6 Å². The summed E-state index contributed by atoms with van der Waals surface area (Å²) in [5.41, 5.74) is 0. The molecule has 27 heavy (non-hydrogen) atoms. The van der Waals surface area contributed by atoms with E-state index in [1.165, 1.54) is 154 Å². The van der Waals surface area contributed by atoms with Crippen molar-refractivity contribution in [1.82, 2.24) is 0 Å². The van der Waals surface area contributed by atoms with E-state index in [0.717, 1.165) is 0 Å². The molecule has 0 aromatic heterocycles.